The summed E-state index contributed by atoms with van der Waals surface area (Å²) in [5.41, 5.74) is 3.32. The molecule has 0 radical (unpaired) electrons. The van der Waals surface area contributed by atoms with E-state index in [1.54, 1.807) is 24.4 Å². The van der Waals surface area contributed by atoms with Gasteiger partial charge in [-0.2, -0.15) is 5.10 Å². The molecule has 0 spiro atoms. The number of rotatable bonds is 5. The Kier molecular flexibility index (Phi) is 7.71. The highest BCUT2D eigenvalue weighted by atomic mass is 35.5. The van der Waals surface area contributed by atoms with Crippen LogP contribution in [0, 0.1) is 17.5 Å². The predicted octanol–water partition coefficient (Wildman–Crippen LogP) is 6.51. The van der Waals surface area contributed by atoms with Crippen molar-refractivity contribution < 1.29 is 18.0 Å². The minimum Gasteiger partial charge on any atom is -0.349 e. The average Bonchev–Trinajstić information content (AvgIpc) is 3.55. The summed E-state index contributed by atoms with van der Waals surface area (Å²) >= 11 is 0. The summed E-state index contributed by atoms with van der Waals surface area (Å²) in [6, 6.07) is 13.2. The Morgan fingerprint density at radius 1 is 0.842 bits per heavy atom. The Morgan fingerprint density at radius 3 is 2.37 bits per heavy atom. The lowest BCUT2D eigenvalue weighted by Crippen LogP contribution is -2.26. The molecule has 0 aliphatic heterocycles. The van der Waals surface area contributed by atoms with Gasteiger partial charge in [-0.15, -0.1) is 24.8 Å². The van der Waals surface area contributed by atoms with Gasteiger partial charge in [0.25, 0.3) is 5.91 Å². The van der Waals surface area contributed by atoms with E-state index in [0.29, 0.717) is 39.0 Å². The molecule has 2 aromatic heterocycles. The third kappa shape index (κ3) is 5.07. The molecule has 0 bridgehead atoms. The number of H-pyrrole nitrogens is 1. The van der Waals surface area contributed by atoms with E-state index in [2.05, 4.69) is 25.5 Å². The summed E-state index contributed by atoms with van der Waals surface area (Å²) < 4.78 is 42.8. The zero-order chi connectivity index (χ0) is 24.8. The Labute approximate surface area is 227 Å². The van der Waals surface area contributed by atoms with E-state index in [0.717, 1.165) is 18.9 Å². The lowest BCUT2D eigenvalue weighted by Gasteiger charge is -2.10. The van der Waals surface area contributed by atoms with Crippen LogP contribution in [0.2, 0.25) is 0 Å². The topological polar surface area (TPSA) is 83.6 Å². The minimum atomic E-state index is -0.727. The predicted molar refractivity (Wildman–Crippen MR) is 143 cm³/mol. The van der Waals surface area contributed by atoms with E-state index < -0.39 is 23.4 Å². The van der Waals surface area contributed by atoms with Gasteiger partial charge in [0.15, 0.2) is 0 Å². The molecule has 6 rings (SSSR count). The first-order chi connectivity index (χ1) is 17.5. The molecule has 1 aliphatic rings. The summed E-state index contributed by atoms with van der Waals surface area (Å²) in [6.45, 7) is 0. The summed E-state index contributed by atoms with van der Waals surface area (Å²) in [5.74, 6) is -2.48. The van der Waals surface area contributed by atoms with Crippen LogP contribution in [0.5, 0.6) is 0 Å². The largest absolute Gasteiger partial charge is 0.349 e. The van der Waals surface area contributed by atoms with Crippen molar-refractivity contribution >= 4 is 41.6 Å². The molecule has 6 nitrogen and oxygen atoms in total. The zero-order valence-electron chi connectivity index (χ0n) is 19.5. The second-order valence-electron chi connectivity index (χ2n) is 8.67. The van der Waals surface area contributed by atoms with Crippen LogP contribution in [0.3, 0.4) is 0 Å². The summed E-state index contributed by atoms with van der Waals surface area (Å²) in [6.07, 6.45) is 4.83. The van der Waals surface area contributed by atoms with Gasteiger partial charge < -0.3 is 5.32 Å². The quantitative estimate of drug-likeness (QED) is 0.258. The Hall–Kier alpha value is -3.95. The summed E-state index contributed by atoms with van der Waals surface area (Å²) in [5, 5.41) is 10.3. The van der Waals surface area contributed by atoms with Gasteiger partial charge in [-0.1, -0.05) is 12.1 Å². The lowest BCUT2D eigenvalue weighted by molar-refractivity contribution is 0.0947. The van der Waals surface area contributed by atoms with Crippen molar-refractivity contribution in [3.8, 4) is 33.6 Å². The van der Waals surface area contributed by atoms with Crippen molar-refractivity contribution in [3.63, 3.8) is 0 Å². The maximum Gasteiger partial charge on any atom is 0.254 e. The molecular weight excluding hydrogens is 538 g/mol. The number of fused-ring (bicyclic) bond motifs is 1. The lowest BCUT2D eigenvalue weighted by atomic mass is 9.98. The highest BCUT2D eigenvalue weighted by Gasteiger charge is 2.25. The monoisotopic (exact) mass is 557 g/mol. The Balaban J connectivity index is 0.00000168. The smallest absolute Gasteiger partial charge is 0.254 e. The molecule has 2 heterocycles. The van der Waals surface area contributed by atoms with Crippen LogP contribution in [0.15, 0.2) is 67.1 Å². The van der Waals surface area contributed by atoms with E-state index >= 15 is 0 Å². The molecular formula is C27H20Cl2F3N5O. The summed E-state index contributed by atoms with van der Waals surface area (Å²) in [4.78, 5) is 21.0. The standard InChI is InChI=1S/C27H18F3N5O.2ClH/c28-16-3-7-18(23(30)11-16)26-21(12-33-35-26)14-2-8-24-20(9-14)25(32-13-31-24)15-1-6-19(22(29)10-15)27(36)34-17-4-5-17;;/h1-3,6-13,17H,4-5H2,(H,33,35)(H,34,36);2*1H. The summed E-state index contributed by atoms with van der Waals surface area (Å²) in [7, 11) is 0. The number of carbonyl (C=O) groups excluding carboxylic acids is 1. The maximum atomic E-state index is 14.9. The number of aromatic amines is 1. The second kappa shape index (κ2) is 10.8. The van der Waals surface area contributed by atoms with Crippen LogP contribution in [-0.2, 0) is 0 Å². The molecule has 0 unspecified atom stereocenters. The zero-order valence-corrected chi connectivity index (χ0v) is 21.2. The number of nitrogens with one attached hydrogen (secondary N) is 2. The van der Waals surface area contributed by atoms with Crippen molar-refractivity contribution in [3.05, 3.63) is 90.1 Å². The van der Waals surface area contributed by atoms with Crippen molar-refractivity contribution in [2.75, 3.05) is 0 Å². The molecule has 2 N–H and O–H groups in total. The SMILES string of the molecule is Cl.Cl.O=C(NC1CC1)c1ccc(-c2ncnc3ccc(-c4c[nH]nc4-c4ccc(F)cc4F)cc23)cc1F. The van der Waals surface area contributed by atoms with E-state index in [-0.39, 0.29) is 42.0 Å². The van der Waals surface area contributed by atoms with Gasteiger partial charge in [-0.05, 0) is 54.8 Å². The number of benzene rings is 3. The Morgan fingerprint density at radius 2 is 1.63 bits per heavy atom. The fourth-order valence-corrected chi connectivity index (χ4v) is 4.19. The molecule has 38 heavy (non-hydrogen) atoms. The van der Waals surface area contributed by atoms with Crippen molar-refractivity contribution in [1.82, 2.24) is 25.5 Å². The first-order valence-electron chi connectivity index (χ1n) is 11.3. The molecule has 3 aromatic carbocycles. The first kappa shape index (κ1) is 27.1. The molecule has 0 saturated heterocycles. The third-order valence-electron chi connectivity index (χ3n) is 6.17. The Bertz CT molecular complexity index is 1660. The van der Waals surface area contributed by atoms with Gasteiger partial charge >= 0.3 is 0 Å². The van der Waals surface area contributed by atoms with Crippen molar-refractivity contribution in [2.45, 2.75) is 18.9 Å². The minimum absolute atomic E-state index is 0. The van der Waals surface area contributed by atoms with Gasteiger partial charge in [-0.25, -0.2) is 23.1 Å². The fourth-order valence-electron chi connectivity index (χ4n) is 4.19. The van der Waals surface area contributed by atoms with Gasteiger partial charge in [0.1, 0.15) is 29.5 Å². The van der Waals surface area contributed by atoms with Crippen molar-refractivity contribution in [2.24, 2.45) is 0 Å². The van der Waals surface area contributed by atoms with E-state index in [1.807, 2.05) is 6.07 Å². The van der Waals surface area contributed by atoms with Crippen LogP contribution < -0.4 is 5.32 Å². The number of carbonyl (C=O) groups is 1. The van der Waals surface area contributed by atoms with E-state index in [9.17, 15) is 18.0 Å². The van der Waals surface area contributed by atoms with E-state index in [1.165, 1.54) is 30.6 Å². The average molecular weight is 558 g/mol. The highest BCUT2D eigenvalue weighted by Crippen LogP contribution is 2.35. The van der Waals surface area contributed by atoms with Gasteiger partial charge in [-0.3, -0.25) is 9.89 Å². The molecule has 11 heteroatoms. The molecule has 1 amide bonds. The maximum absolute atomic E-state index is 14.9. The van der Waals surface area contributed by atoms with Crippen LogP contribution in [0.1, 0.15) is 23.2 Å². The van der Waals surface area contributed by atoms with Crippen LogP contribution in [0.25, 0.3) is 44.5 Å². The van der Waals surface area contributed by atoms with Gasteiger partial charge in [0.05, 0.1) is 16.8 Å². The normalized spacial score (nSPS) is 12.5. The molecule has 1 aliphatic carbocycles. The van der Waals surface area contributed by atoms with Crippen molar-refractivity contribution in [1.29, 1.82) is 0 Å². The fraction of sp³-hybridized carbons (Fsp3) is 0.111. The van der Waals surface area contributed by atoms with Crippen LogP contribution >= 0.6 is 24.8 Å². The number of amides is 1. The van der Waals surface area contributed by atoms with E-state index in [4.69, 9.17) is 0 Å². The van der Waals surface area contributed by atoms with Crippen LogP contribution in [-0.4, -0.2) is 32.1 Å². The van der Waals surface area contributed by atoms with Crippen LogP contribution in [0.4, 0.5) is 13.2 Å². The first-order valence-corrected chi connectivity index (χ1v) is 11.3. The number of hydrogen-bond donors (Lipinski definition) is 2. The third-order valence-corrected chi connectivity index (χ3v) is 6.17. The number of nitrogens with zero attached hydrogens (tertiary/aromatic N) is 3. The number of hydrogen-bond acceptors (Lipinski definition) is 4. The molecule has 194 valence electrons. The number of aromatic nitrogens is 4. The molecule has 1 saturated carbocycles. The van der Waals surface area contributed by atoms with Gasteiger partial charge in [0.2, 0.25) is 0 Å². The van der Waals surface area contributed by atoms with Gasteiger partial charge in [0, 0.05) is 40.4 Å². The second-order valence-corrected chi connectivity index (χ2v) is 8.67. The molecule has 0 atom stereocenters. The highest BCUT2D eigenvalue weighted by molar-refractivity contribution is 5.98. The molecule has 1 fully saturated rings. The number of halogens is 5. The molecule has 5 aromatic rings.